The molecule has 1 aliphatic rings. The van der Waals surface area contributed by atoms with Crippen molar-refractivity contribution >= 4 is 22.3 Å². The SMILES string of the molecule is CC(=O)c1cnc(N2CCC(C)C2)s1. The fourth-order valence-corrected chi connectivity index (χ4v) is 2.53. The van der Waals surface area contributed by atoms with Crippen molar-refractivity contribution in [3.8, 4) is 0 Å². The van der Waals surface area contributed by atoms with E-state index in [1.54, 1.807) is 13.1 Å². The van der Waals surface area contributed by atoms with Gasteiger partial charge in [-0.05, 0) is 12.3 Å². The fourth-order valence-electron chi connectivity index (χ4n) is 1.68. The molecule has 0 bridgehead atoms. The zero-order valence-corrected chi connectivity index (χ0v) is 9.30. The Morgan fingerprint density at radius 2 is 2.50 bits per heavy atom. The van der Waals surface area contributed by atoms with Gasteiger partial charge in [0.1, 0.15) is 0 Å². The summed E-state index contributed by atoms with van der Waals surface area (Å²) in [5.74, 6) is 0.862. The smallest absolute Gasteiger partial charge is 0.185 e. The molecule has 0 saturated carbocycles. The molecule has 14 heavy (non-hydrogen) atoms. The zero-order chi connectivity index (χ0) is 10.1. The van der Waals surface area contributed by atoms with Crippen LogP contribution in [0.1, 0.15) is 29.9 Å². The molecule has 0 aliphatic carbocycles. The van der Waals surface area contributed by atoms with Crippen LogP contribution < -0.4 is 4.90 Å². The topological polar surface area (TPSA) is 33.2 Å². The lowest BCUT2D eigenvalue weighted by Crippen LogP contribution is -2.18. The van der Waals surface area contributed by atoms with E-state index >= 15 is 0 Å². The second kappa shape index (κ2) is 3.69. The van der Waals surface area contributed by atoms with Gasteiger partial charge in [0.15, 0.2) is 10.9 Å². The zero-order valence-electron chi connectivity index (χ0n) is 8.49. The molecular formula is C10H14N2OS. The Balaban J connectivity index is 2.13. The van der Waals surface area contributed by atoms with E-state index in [9.17, 15) is 4.79 Å². The number of Topliss-reactive ketones (excluding diaryl/α,β-unsaturated/α-hetero) is 1. The second-order valence-corrected chi connectivity index (χ2v) is 4.91. The molecule has 3 nitrogen and oxygen atoms in total. The third-order valence-electron chi connectivity index (χ3n) is 2.53. The number of carbonyl (C=O) groups excluding carboxylic acids is 1. The van der Waals surface area contributed by atoms with E-state index in [-0.39, 0.29) is 5.78 Å². The normalized spacial score (nSPS) is 21.6. The summed E-state index contributed by atoms with van der Waals surface area (Å²) in [4.78, 5) is 18.4. The number of ketones is 1. The van der Waals surface area contributed by atoms with Crippen molar-refractivity contribution < 1.29 is 4.79 Å². The van der Waals surface area contributed by atoms with Crippen molar-refractivity contribution in [3.05, 3.63) is 11.1 Å². The average Bonchev–Trinajstić information content (AvgIpc) is 2.70. The number of hydrogen-bond donors (Lipinski definition) is 0. The molecule has 1 atom stereocenters. The Kier molecular flexibility index (Phi) is 2.54. The summed E-state index contributed by atoms with van der Waals surface area (Å²) >= 11 is 1.51. The summed E-state index contributed by atoms with van der Waals surface area (Å²) in [7, 11) is 0. The van der Waals surface area contributed by atoms with Crippen molar-refractivity contribution in [2.45, 2.75) is 20.3 Å². The minimum absolute atomic E-state index is 0.112. The van der Waals surface area contributed by atoms with Gasteiger partial charge in [0.05, 0.1) is 11.1 Å². The molecule has 2 rings (SSSR count). The number of thiazole rings is 1. The minimum atomic E-state index is 0.112. The molecule has 4 heteroatoms. The largest absolute Gasteiger partial charge is 0.348 e. The molecule has 1 aromatic heterocycles. The predicted octanol–water partition coefficient (Wildman–Crippen LogP) is 2.19. The summed E-state index contributed by atoms with van der Waals surface area (Å²) < 4.78 is 0. The van der Waals surface area contributed by atoms with Crippen LogP contribution in [0.25, 0.3) is 0 Å². The molecule has 1 aliphatic heterocycles. The molecular weight excluding hydrogens is 196 g/mol. The Bertz CT molecular complexity index is 348. The van der Waals surface area contributed by atoms with Crippen LogP contribution in [0.4, 0.5) is 5.13 Å². The monoisotopic (exact) mass is 210 g/mol. The van der Waals surface area contributed by atoms with Crippen LogP contribution in [0, 0.1) is 5.92 Å². The fraction of sp³-hybridized carbons (Fsp3) is 0.600. The van der Waals surface area contributed by atoms with Crippen molar-refractivity contribution in [1.82, 2.24) is 4.98 Å². The lowest BCUT2D eigenvalue weighted by molar-refractivity contribution is 0.102. The predicted molar refractivity (Wildman–Crippen MR) is 58.1 cm³/mol. The van der Waals surface area contributed by atoms with Crippen molar-refractivity contribution in [3.63, 3.8) is 0 Å². The van der Waals surface area contributed by atoms with Gasteiger partial charge in [-0.25, -0.2) is 4.98 Å². The van der Waals surface area contributed by atoms with Gasteiger partial charge in [0.2, 0.25) is 0 Å². The van der Waals surface area contributed by atoms with Crippen LogP contribution in [0.15, 0.2) is 6.20 Å². The lowest BCUT2D eigenvalue weighted by atomic mass is 10.2. The maximum Gasteiger partial charge on any atom is 0.185 e. The summed E-state index contributed by atoms with van der Waals surface area (Å²) in [6, 6.07) is 0. The number of hydrogen-bond acceptors (Lipinski definition) is 4. The van der Waals surface area contributed by atoms with Crippen molar-refractivity contribution in [1.29, 1.82) is 0 Å². The van der Waals surface area contributed by atoms with Gasteiger partial charge < -0.3 is 4.90 Å². The maximum atomic E-state index is 11.1. The third-order valence-corrected chi connectivity index (χ3v) is 3.69. The Labute approximate surface area is 87.8 Å². The summed E-state index contributed by atoms with van der Waals surface area (Å²) in [6.45, 7) is 5.99. The van der Waals surface area contributed by atoms with Gasteiger partial charge in [0.25, 0.3) is 0 Å². The van der Waals surface area contributed by atoms with E-state index < -0.39 is 0 Å². The Morgan fingerprint density at radius 3 is 3.00 bits per heavy atom. The number of aromatic nitrogens is 1. The van der Waals surface area contributed by atoms with E-state index in [0.29, 0.717) is 0 Å². The third kappa shape index (κ3) is 1.80. The number of carbonyl (C=O) groups is 1. The molecule has 0 amide bonds. The lowest BCUT2D eigenvalue weighted by Gasteiger charge is -2.12. The van der Waals surface area contributed by atoms with Crippen LogP contribution in [-0.2, 0) is 0 Å². The van der Waals surface area contributed by atoms with E-state index in [1.807, 2.05) is 0 Å². The van der Waals surface area contributed by atoms with Crippen LogP contribution >= 0.6 is 11.3 Å². The molecule has 0 spiro atoms. The quantitative estimate of drug-likeness (QED) is 0.701. The Morgan fingerprint density at radius 1 is 1.71 bits per heavy atom. The first kappa shape index (κ1) is 9.65. The van der Waals surface area contributed by atoms with Gasteiger partial charge in [-0.15, -0.1) is 0 Å². The van der Waals surface area contributed by atoms with Gasteiger partial charge in [-0.2, -0.15) is 0 Å². The van der Waals surface area contributed by atoms with Crippen LogP contribution in [0.2, 0.25) is 0 Å². The molecule has 1 fully saturated rings. The van der Waals surface area contributed by atoms with Gasteiger partial charge >= 0.3 is 0 Å². The summed E-state index contributed by atoms with van der Waals surface area (Å²) in [5.41, 5.74) is 0. The summed E-state index contributed by atoms with van der Waals surface area (Å²) in [5, 5.41) is 1.000. The first-order chi connectivity index (χ1) is 6.66. The molecule has 1 saturated heterocycles. The van der Waals surface area contributed by atoms with Crippen LogP contribution in [0.3, 0.4) is 0 Å². The minimum Gasteiger partial charge on any atom is -0.348 e. The molecule has 76 valence electrons. The molecule has 1 unspecified atom stereocenters. The van der Waals surface area contributed by atoms with Crippen LogP contribution in [0.5, 0.6) is 0 Å². The van der Waals surface area contributed by atoms with E-state index in [2.05, 4.69) is 16.8 Å². The van der Waals surface area contributed by atoms with E-state index in [0.717, 1.165) is 29.0 Å². The number of nitrogens with zero attached hydrogens (tertiary/aromatic N) is 2. The van der Waals surface area contributed by atoms with Crippen LogP contribution in [-0.4, -0.2) is 23.9 Å². The van der Waals surface area contributed by atoms with E-state index in [1.165, 1.54) is 17.8 Å². The van der Waals surface area contributed by atoms with Crippen molar-refractivity contribution in [2.75, 3.05) is 18.0 Å². The Hall–Kier alpha value is -0.900. The second-order valence-electron chi connectivity index (χ2n) is 3.90. The molecule has 2 heterocycles. The molecule has 1 aromatic rings. The van der Waals surface area contributed by atoms with Gasteiger partial charge in [-0.1, -0.05) is 18.3 Å². The maximum absolute atomic E-state index is 11.1. The molecule has 0 radical (unpaired) electrons. The highest BCUT2D eigenvalue weighted by molar-refractivity contribution is 7.17. The average molecular weight is 210 g/mol. The summed E-state index contributed by atoms with van der Waals surface area (Å²) in [6.07, 6.45) is 2.92. The highest BCUT2D eigenvalue weighted by atomic mass is 32.1. The highest BCUT2D eigenvalue weighted by Gasteiger charge is 2.21. The number of anilines is 1. The van der Waals surface area contributed by atoms with Gasteiger partial charge in [-0.3, -0.25) is 4.79 Å². The highest BCUT2D eigenvalue weighted by Crippen LogP contribution is 2.27. The first-order valence-corrected chi connectivity index (χ1v) is 5.70. The van der Waals surface area contributed by atoms with Crippen molar-refractivity contribution in [2.24, 2.45) is 5.92 Å². The standard InChI is InChI=1S/C10H14N2OS/c1-7-3-4-12(6-7)10-11-5-9(14-10)8(2)13/h5,7H,3-4,6H2,1-2H3. The number of rotatable bonds is 2. The van der Waals surface area contributed by atoms with Gasteiger partial charge in [0, 0.05) is 20.0 Å². The molecule has 0 aromatic carbocycles. The molecule has 0 N–H and O–H groups in total. The first-order valence-electron chi connectivity index (χ1n) is 4.88. The van der Waals surface area contributed by atoms with E-state index in [4.69, 9.17) is 0 Å².